The van der Waals surface area contributed by atoms with Crippen LogP contribution in [0.3, 0.4) is 0 Å². The highest BCUT2D eigenvalue weighted by molar-refractivity contribution is 6.02. The van der Waals surface area contributed by atoms with Crippen molar-refractivity contribution in [3.8, 4) is 0 Å². The number of rotatable bonds is 3. The van der Waals surface area contributed by atoms with Crippen LogP contribution in [-0.4, -0.2) is 5.91 Å². The van der Waals surface area contributed by atoms with Crippen LogP contribution in [0.4, 0.5) is 10.1 Å². The summed E-state index contributed by atoms with van der Waals surface area (Å²) >= 11 is 0. The molecule has 2 aromatic rings. The summed E-state index contributed by atoms with van der Waals surface area (Å²) in [6.45, 7) is 1.87. The van der Waals surface area contributed by atoms with Gasteiger partial charge < -0.3 is 15.5 Å². The second-order valence-corrected chi connectivity index (χ2v) is 3.89. The van der Waals surface area contributed by atoms with Gasteiger partial charge in [0.05, 0.1) is 6.54 Å². The molecule has 2 rings (SSSR count). The summed E-state index contributed by atoms with van der Waals surface area (Å²) in [6, 6.07) is 7.55. The number of hydrogen-bond acceptors (Lipinski definition) is 3. The molecular formula is C13H13FN2O2. The lowest BCUT2D eigenvalue weighted by atomic mass is 10.2. The maximum Gasteiger partial charge on any atom is 0.291 e. The van der Waals surface area contributed by atoms with Crippen molar-refractivity contribution in [1.82, 2.24) is 0 Å². The quantitative estimate of drug-likeness (QED) is 0.876. The molecule has 3 N–H and O–H groups in total. The van der Waals surface area contributed by atoms with Gasteiger partial charge >= 0.3 is 0 Å². The average molecular weight is 248 g/mol. The van der Waals surface area contributed by atoms with Gasteiger partial charge in [-0.05, 0) is 42.8 Å². The summed E-state index contributed by atoms with van der Waals surface area (Å²) in [5.74, 6) is 0.0185. The van der Waals surface area contributed by atoms with Crippen LogP contribution in [0.15, 0.2) is 34.7 Å². The fourth-order valence-corrected chi connectivity index (χ4v) is 1.52. The van der Waals surface area contributed by atoms with Gasteiger partial charge in [-0.2, -0.15) is 0 Å². The Balaban J connectivity index is 2.13. The summed E-state index contributed by atoms with van der Waals surface area (Å²) in [5, 5.41) is 2.62. The summed E-state index contributed by atoms with van der Waals surface area (Å²) < 4.78 is 18.3. The van der Waals surface area contributed by atoms with Crippen molar-refractivity contribution >= 4 is 11.6 Å². The van der Waals surface area contributed by atoms with Crippen molar-refractivity contribution in [2.75, 3.05) is 5.32 Å². The van der Waals surface area contributed by atoms with Crippen molar-refractivity contribution in [2.45, 2.75) is 13.5 Å². The fraction of sp³-hybridized carbons (Fsp3) is 0.154. The van der Waals surface area contributed by atoms with Crippen LogP contribution in [0.25, 0.3) is 0 Å². The van der Waals surface area contributed by atoms with Crippen LogP contribution in [0.5, 0.6) is 0 Å². The predicted molar refractivity (Wildman–Crippen MR) is 65.7 cm³/mol. The summed E-state index contributed by atoms with van der Waals surface area (Å²) in [5.41, 5.74) is 6.37. The van der Waals surface area contributed by atoms with Gasteiger partial charge in [0.25, 0.3) is 5.91 Å². The molecule has 94 valence electrons. The molecule has 0 spiro atoms. The number of benzene rings is 1. The SMILES string of the molecule is Cc1cc(NC(=O)c2ccc(CN)o2)ccc1F. The van der Waals surface area contributed by atoms with Crippen molar-refractivity contribution in [2.24, 2.45) is 5.73 Å². The molecule has 0 aliphatic carbocycles. The van der Waals surface area contributed by atoms with Crippen molar-refractivity contribution in [3.63, 3.8) is 0 Å². The van der Waals surface area contributed by atoms with E-state index in [2.05, 4.69) is 5.32 Å². The van der Waals surface area contributed by atoms with E-state index in [9.17, 15) is 9.18 Å². The molecule has 0 aliphatic rings. The predicted octanol–water partition coefficient (Wildman–Crippen LogP) is 2.44. The Hall–Kier alpha value is -2.14. The van der Waals surface area contributed by atoms with E-state index in [-0.39, 0.29) is 24.0 Å². The first-order valence-electron chi connectivity index (χ1n) is 5.46. The maximum absolute atomic E-state index is 13.1. The molecule has 0 saturated heterocycles. The molecule has 0 fully saturated rings. The number of halogens is 1. The molecule has 0 aliphatic heterocycles. The number of furan rings is 1. The highest BCUT2D eigenvalue weighted by Gasteiger charge is 2.11. The second kappa shape index (κ2) is 5.01. The Morgan fingerprint density at radius 3 is 2.78 bits per heavy atom. The Morgan fingerprint density at radius 1 is 1.39 bits per heavy atom. The first-order valence-corrected chi connectivity index (χ1v) is 5.46. The summed E-state index contributed by atoms with van der Waals surface area (Å²) in [7, 11) is 0. The van der Waals surface area contributed by atoms with Gasteiger partial charge in [0.15, 0.2) is 5.76 Å². The van der Waals surface area contributed by atoms with Crippen molar-refractivity contribution in [3.05, 3.63) is 53.2 Å². The Morgan fingerprint density at radius 2 is 2.17 bits per heavy atom. The number of carbonyl (C=O) groups excluding carboxylic acids is 1. The Labute approximate surface area is 104 Å². The number of hydrogen-bond donors (Lipinski definition) is 2. The third-order valence-electron chi connectivity index (χ3n) is 2.50. The summed E-state index contributed by atoms with van der Waals surface area (Å²) in [4.78, 5) is 11.8. The standard InChI is InChI=1S/C13H13FN2O2/c1-8-6-9(2-4-11(8)14)16-13(17)12-5-3-10(7-15)18-12/h2-6H,7,15H2,1H3,(H,16,17). The van der Waals surface area contributed by atoms with Crippen LogP contribution in [0, 0.1) is 12.7 Å². The second-order valence-electron chi connectivity index (χ2n) is 3.89. The lowest BCUT2D eigenvalue weighted by molar-refractivity contribution is 0.0995. The normalized spacial score (nSPS) is 10.4. The molecule has 0 atom stereocenters. The highest BCUT2D eigenvalue weighted by Crippen LogP contribution is 2.15. The molecule has 5 heteroatoms. The number of amides is 1. The number of nitrogens with one attached hydrogen (secondary N) is 1. The van der Waals surface area contributed by atoms with E-state index in [1.807, 2.05) is 0 Å². The largest absolute Gasteiger partial charge is 0.455 e. The van der Waals surface area contributed by atoms with Gasteiger partial charge in [0.1, 0.15) is 11.6 Å². The minimum atomic E-state index is -0.388. The van der Waals surface area contributed by atoms with Gasteiger partial charge in [0.2, 0.25) is 0 Å². The van der Waals surface area contributed by atoms with E-state index in [1.165, 1.54) is 12.1 Å². The lowest BCUT2D eigenvalue weighted by Crippen LogP contribution is -2.11. The molecule has 0 saturated carbocycles. The van der Waals surface area contributed by atoms with Crippen molar-refractivity contribution < 1.29 is 13.6 Å². The smallest absolute Gasteiger partial charge is 0.291 e. The Bertz CT molecular complexity index is 578. The highest BCUT2D eigenvalue weighted by atomic mass is 19.1. The van der Waals surface area contributed by atoms with Crippen LogP contribution < -0.4 is 11.1 Å². The fourth-order valence-electron chi connectivity index (χ4n) is 1.52. The zero-order valence-electron chi connectivity index (χ0n) is 9.87. The van der Waals surface area contributed by atoms with Crippen LogP contribution in [0.1, 0.15) is 21.9 Å². The topological polar surface area (TPSA) is 68.3 Å². The number of anilines is 1. The monoisotopic (exact) mass is 248 g/mol. The van der Waals surface area contributed by atoms with E-state index in [0.717, 1.165) is 0 Å². The third kappa shape index (κ3) is 2.57. The van der Waals surface area contributed by atoms with Gasteiger partial charge in [-0.15, -0.1) is 0 Å². The molecule has 0 bridgehead atoms. The van der Waals surface area contributed by atoms with Crippen molar-refractivity contribution in [1.29, 1.82) is 0 Å². The molecule has 0 radical (unpaired) electrons. The first-order chi connectivity index (χ1) is 8.60. The first kappa shape index (κ1) is 12.3. The zero-order chi connectivity index (χ0) is 13.1. The average Bonchev–Trinajstić information content (AvgIpc) is 2.82. The van der Waals surface area contributed by atoms with Gasteiger partial charge in [0, 0.05) is 5.69 Å². The van der Waals surface area contributed by atoms with E-state index in [0.29, 0.717) is 17.0 Å². The molecule has 18 heavy (non-hydrogen) atoms. The van der Waals surface area contributed by atoms with Crippen LogP contribution >= 0.6 is 0 Å². The summed E-state index contributed by atoms with van der Waals surface area (Å²) in [6.07, 6.45) is 0. The minimum absolute atomic E-state index is 0.178. The van der Waals surface area contributed by atoms with Gasteiger partial charge in [-0.1, -0.05) is 0 Å². The van der Waals surface area contributed by atoms with Gasteiger partial charge in [-0.25, -0.2) is 4.39 Å². The Kier molecular flexibility index (Phi) is 3.43. The van der Waals surface area contributed by atoms with E-state index in [4.69, 9.17) is 10.2 Å². The lowest BCUT2D eigenvalue weighted by Gasteiger charge is -2.04. The van der Waals surface area contributed by atoms with E-state index < -0.39 is 0 Å². The molecule has 1 amide bonds. The molecule has 1 heterocycles. The van der Waals surface area contributed by atoms with Gasteiger partial charge in [-0.3, -0.25) is 4.79 Å². The van der Waals surface area contributed by atoms with Crippen LogP contribution in [-0.2, 0) is 6.54 Å². The number of nitrogens with two attached hydrogens (primary N) is 1. The van der Waals surface area contributed by atoms with Crippen LogP contribution in [0.2, 0.25) is 0 Å². The zero-order valence-corrected chi connectivity index (χ0v) is 9.87. The molecular weight excluding hydrogens is 235 g/mol. The molecule has 1 aromatic carbocycles. The van der Waals surface area contributed by atoms with E-state index in [1.54, 1.807) is 25.1 Å². The maximum atomic E-state index is 13.1. The number of aryl methyl sites for hydroxylation is 1. The molecule has 1 aromatic heterocycles. The third-order valence-corrected chi connectivity index (χ3v) is 2.50. The van der Waals surface area contributed by atoms with E-state index >= 15 is 0 Å². The molecule has 4 nitrogen and oxygen atoms in total. The molecule has 0 unspecified atom stereocenters. The minimum Gasteiger partial charge on any atom is -0.455 e. The number of carbonyl (C=O) groups is 1.